The molecule has 1 aromatic rings. The summed E-state index contributed by atoms with van der Waals surface area (Å²) in [5, 5.41) is 3.49. The fraction of sp³-hybridized carbons (Fsp3) is 0.769. The summed E-state index contributed by atoms with van der Waals surface area (Å²) in [5.41, 5.74) is 7.38. The molecule has 0 spiro atoms. The number of nitrogens with two attached hydrogens (primary N) is 1. The van der Waals surface area contributed by atoms with E-state index in [1.54, 1.807) is 11.3 Å². The topological polar surface area (TPSA) is 42.2 Å². The van der Waals surface area contributed by atoms with E-state index in [1.165, 1.54) is 23.5 Å². The fourth-order valence-corrected chi connectivity index (χ4v) is 3.30. The first-order valence-electron chi connectivity index (χ1n) is 6.51. The maximum absolute atomic E-state index is 5.83. The van der Waals surface area contributed by atoms with E-state index in [4.69, 9.17) is 5.73 Å². The Hall–Kier alpha value is -0.450. The molecule has 0 amide bonds. The summed E-state index contributed by atoms with van der Waals surface area (Å²) in [6, 6.07) is 0. The number of aryl methyl sites for hydroxylation is 1. The Morgan fingerprint density at radius 1 is 1.59 bits per heavy atom. The van der Waals surface area contributed by atoms with Crippen LogP contribution in [0.3, 0.4) is 0 Å². The molecule has 0 radical (unpaired) electrons. The molecule has 2 heterocycles. The zero-order chi connectivity index (χ0) is 12.3. The van der Waals surface area contributed by atoms with E-state index >= 15 is 0 Å². The van der Waals surface area contributed by atoms with Crippen LogP contribution in [-0.4, -0.2) is 29.5 Å². The van der Waals surface area contributed by atoms with Gasteiger partial charge in [0, 0.05) is 18.5 Å². The van der Waals surface area contributed by atoms with E-state index in [0.717, 1.165) is 32.6 Å². The summed E-state index contributed by atoms with van der Waals surface area (Å²) < 4.78 is 0. The van der Waals surface area contributed by atoms with Gasteiger partial charge in [0.2, 0.25) is 0 Å². The van der Waals surface area contributed by atoms with E-state index in [9.17, 15) is 0 Å². The van der Waals surface area contributed by atoms with Gasteiger partial charge >= 0.3 is 0 Å². The fourth-order valence-electron chi connectivity index (χ4n) is 2.41. The van der Waals surface area contributed by atoms with Gasteiger partial charge in [0.05, 0.1) is 10.7 Å². The Bertz CT molecular complexity index is 363. The van der Waals surface area contributed by atoms with E-state index in [-0.39, 0.29) is 0 Å². The monoisotopic (exact) mass is 253 g/mol. The highest BCUT2D eigenvalue weighted by Gasteiger charge is 2.32. The van der Waals surface area contributed by atoms with Crippen molar-refractivity contribution in [1.29, 1.82) is 0 Å². The van der Waals surface area contributed by atoms with Crippen molar-refractivity contribution in [2.75, 3.05) is 19.6 Å². The van der Waals surface area contributed by atoms with Crippen LogP contribution in [0.25, 0.3) is 0 Å². The first-order valence-corrected chi connectivity index (χ1v) is 7.39. The molecule has 2 rings (SSSR count). The van der Waals surface area contributed by atoms with Crippen LogP contribution in [0.4, 0.5) is 0 Å². The SMILES string of the molecule is CCCc1nc(CN2CCC(C)(CN)C2)cs1. The molecule has 1 fully saturated rings. The summed E-state index contributed by atoms with van der Waals surface area (Å²) >= 11 is 1.80. The van der Waals surface area contributed by atoms with Crippen LogP contribution in [0.2, 0.25) is 0 Å². The van der Waals surface area contributed by atoms with Crippen LogP contribution < -0.4 is 5.73 Å². The molecular weight excluding hydrogens is 230 g/mol. The van der Waals surface area contributed by atoms with Crippen molar-refractivity contribution in [2.24, 2.45) is 11.1 Å². The van der Waals surface area contributed by atoms with Crippen LogP contribution in [-0.2, 0) is 13.0 Å². The maximum atomic E-state index is 5.83. The molecule has 1 atom stereocenters. The Morgan fingerprint density at radius 3 is 3.06 bits per heavy atom. The lowest BCUT2D eigenvalue weighted by molar-refractivity contribution is 0.272. The third kappa shape index (κ3) is 3.27. The van der Waals surface area contributed by atoms with Crippen LogP contribution >= 0.6 is 11.3 Å². The van der Waals surface area contributed by atoms with Crippen molar-refractivity contribution in [3.63, 3.8) is 0 Å². The zero-order valence-electron chi connectivity index (χ0n) is 10.9. The summed E-state index contributed by atoms with van der Waals surface area (Å²) in [4.78, 5) is 7.17. The highest BCUT2D eigenvalue weighted by atomic mass is 32.1. The lowest BCUT2D eigenvalue weighted by Crippen LogP contribution is -2.31. The second kappa shape index (κ2) is 5.46. The smallest absolute Gasteiger partial charge is 0.0928 e. The highest BCUT2D eigenvalue weighted by molar-refractivity contribution is 7.09. The number of rotatable bonds is 5. The molecule has 1 saturated heterocycles. The summed E-state index contributed by atoms with van der Waals surface area (Å²) in [6.07, 6.45) is 3.52. The maximum Gasteiger partial charge on any atom is 0.0928 e. The van der Waals surface area contributed by atoms with Crippen molar-refractivity contribution in [1.82, 2.24) is 9.88 Å². The Kier molecular flexibility index (Phi) is 4.17. The average molecular weight is 253 g/mol. The minimum absolute atomic E-state index is 0.322. The number of nitrogens with zero attached hydrogens (tertiary/aromatic N) is 2. The van der Waals surface area contributed by atoms with Crippen molar-refractivity contribution >= 4 is 11.3 Å². The molecule has 17 heavy (non-hydrogen) atoms. The second-order valence-electron chi connectivity index (χ2n) is 5.46. The van der Waals surface area contributed by atoms with Gasteiger partial charge in [-0.1, -0.05) is 13.8 Å². The first kappa shape index (κ1) is 13.0. The Labute approximate surface area is 108 Å². The minimum atomic E-state index is 0.322. The van der Waals surface area contributed by atoms with Crippen LogP contribution in [0.1, 0.15) is 37.4 Å². The van der Waals surface area contributed by atoms with Gasteiger partial charge in [-0.2, -0.15) is 0 Å². The first-order chi connectivity index (χ1) is 8.15. The number of hydrogen-bond donors (Lipinski definition) is 1. The van der Waals surface area contributed by atoms with E-state index in [1.807, 2.05) is 0 Å². The van der Waals surface area contributed by atoms with Crippen LogP contribution in [0.15, 0.2) is 5.38 Å². The molecule has 1 aromatic heterocycles. The Morgan fingerprint density at radius 2 is 2.41 bits per heavy atom. The molecule has 1 unspecified atom stereocenters. The largest absolute Gasteiger partial charge is 0.330 e. The Balaban J connectivity index is 1.89. The molecule has 1 aliphatic heterocycles. The predicted molar refractivity (Wildman–Crippen MR) is 73.2 cm³/mol. The van der Waals surface area contributed by atoms with Gasteiger partial charge in [-0.25, -0.2) is 4.98 Å². The predicted octanol–water partition coefficient (Wildman–Crippen LogP) is 2.27. The lowest BCUT2D eigenvalue weighted by Gasteiger charge is -2.22. The lowest BCUT2D eigenvalue weighted by atomic mass is 9.90. The highest BCUT2D eigenvalue weighted by Crippen LogP contribution is 2.29. The molecule has 2 N–H and O–H groups in total. The van der Waals surface area contributed by atoms with Gasteiger partial charge in [-0.3, -0.25) is 4.90 Å². The summed E-state index contributed by atoms with van der Waals surface area (Å²) in [5.74, 6) is 0. The molecule has 1 aliphatic rings. The van der Waals surface area contributed by atoms with Gasteiger partial charge in [-0.15, -0.1) is 11.3 Å². The molecule has 0 saturated carbocycles. The quantitative estimate of drug-likeness (QED) is 0.875. The van der Waals surface area contributed by atoms with Crippen molar-refractivity contribution in [3.8, 4) is 0 Å². The van der Waals surface area contributed by atoms with Gasteiger partial charge in [0.15, 0.2) is 0 Å². The molecule has 0 bridgehead atoms. The number of likely N-dealkylation sites (tertiary alicyclic amines) is 1. The van der Waals surface area contributed by atoms with Crippen molar-refractivity contribution in [2.45, 2.75) is 39.7 Å². The minimum Gasteiger partial charge on any atom is -0.330 e. The van der Waals surface area contributed by atoms with E-state index < -0.39 is 0 Å². The molecule has 0 aliphatic carbocycles. The molecule has 0 aromatic carbocycles. The number of hydrogen-bond acceptors (Lipinski definition) is 4. The van der Waals surface area contributed by atoms with Crippen molar-refractivity contribution < 1.29 is 0 Å². The molecular formula is C13H23N3S. The zero-order valence-corrected chi connectivity index (χ0v) is 11.7. The summed E-state index contributed by atoms with van der Waals surface area (Å²) in [7, 11) is 0. The molecule has 3 nitrogen and oxygen atoms in total. The molecule has 96 valence electrons. The summed E-state index contributed by atoms with van der Waals surface area (Å²) in [6.45, 7) is 8.56. The average Bonchev–Trinajstić information content (AvgIpc) is 2.89. The van der Waals surface area contributed by atoms with Crippen LogP contribution in [0, 0.1) is 5.41 Å². The van der Waals surface area contributed by atoms with Gasteiger partial charge < -0.3 is 5.73 Å². The van der Waals surface area contributed by atoms with Crippen molar-refractivity contribution in [3.05, 3.63) is 16.1 Å². The van der Waals surface area contributed by atoms with Gasteiger partial charge in [0.25, 0.3) is 0 Å². The number of thiazole rings is 1. The van der Waals surface area contributed by atoms with Crippen LogP contribution in [0.5, 0.6) is 0 Å². The second-order valence-corrected chi connectivity index (χ2v) is 6.40. The number of aromatic nitrogens is 1. The standard InChI is InChI=1S/C13H23N3S/c1-3-4-12-15-11(8-17-12)7-16-6-5-13(2,9-14)10-16/h8H,3-7,9-10,14H2,1-2H3. The normalized spacial score (nSPS) is 25.6. The van der Waals surface area contributed by atoms with Gasteiger partial charge in [-0.05, 0) is 37.8 Å². The van der Waals surface area contributed by atoms with Gasteiger partial charge in [0.1, 0.15) is 0 Å². The molecule has 4 heteroatoms. The third-order valence-electron chi connectivity index (χ3n) is 3.58. The van der Waals surface area contributed by atoms with E-state index in [0.29, 0.717) is 5.41 Å². The van der Waals surface area contributed by atoms with E-state index in [2.05, 4.69) is 29.1 Å². The third-order valence-corrected chi connectivity index (χ3v) is 4.54.